The number of nitrogens with two attached hydrogens (primary N) is 1. The van der Waals surface area contributed by atoms with Crippen LogP contribution >= 0.6 is 0 Å². The van der Waals surface area contributed by atoms with Crippen LogP contribution in [0.5, 0.6) is 0 Å². The molecule has 0 rings (SSSR count). The maximum absolute atomic E-state index is 12.1. The first-order chi connectivity index (χ1) is 7.99. The first kappa shape index (κ1) is 15.7. The Balaban J connectivity index is 4.73. The highest BCUT2D eigenvalue weighted by molar-refractivity contribution is 6.01. The summed E-state index contributed by atoms with van der Waals surface area (Å²) in [4.78, 5) is 13.8. The van der Waals surface area contributed by atoms with Crippen molar-refractivity contribution in [1.82, 2.24) is 4.90 Å². The zero-order valence-electron chi connectivity index (χ0n) is 11.0. The minimum Gasteiger partial charge on any atom is -0.409 e. The van der Waals surface area contributed by atoms with Crippen molar-refractivity contribution < 1.29 is 14.7 Å². The maximum Gasteiger partial charge on any atom is 0.233 e. The van der Waals surface area contributed by atoms with Gasteiger partial charge in [-0.1, -0.05) is 12.1 Å². The molecule has 0 spiro atoms. The van der Waals surface area contributed by atoms with Crippen molar-refractivity contribution in [3.05, 3.63) is 0 Å². The Hall–Kier alpha value is -1.30. The van der Waals surface area contributed by atoms with Gasteiger partial charge in [-0.3, -0.25) is 4.79 Å². The van der Waals surface area contributed by atoms with E-state index in [1.54, 1.807) is 18.9 Å². The molecule has 2 unspecified atom stereocenters. The number of hydrogen-bond donors (Lipinski definition) is 2. The third-order valence-electron chi connectivity index (χ3n) is 2.87. The summed E-state index contributed by atoms with van der Waals surface area (Å²) >= 11 is 0. The molecule has 2 atom stereocenters. The second-order valence-corrected chi connectivity index (χ2v) is 4.03. The predicted octanol–water partition coefficient (Wildman–Crippen LogP) is 0.642. The molecule has 100 valence electrons. The van der Waals surface area contributed by atoms with Gasteiger partial charge in [0.1, 0.15) is 0 Å². The lowest BCUT2D eigenvalue weighted by atomic mass is 10.1. The molecule has 0 saturated carbocycles. The van der Waals surface area contributed by atoms with Gasteiger partial charge in [-0.15, -0.1) is 0 Å². The third kappa shape index (κ3) is 4.60. The van der Waals surface area contributed by atoms with Gasteiger partial charge in [-0.05, 0) is 20.3 Å². The zero-order chi connectivity index (χ0) is 13.4. The Bertz CT molecular complexity index is 269. The van der Waals surface area contributed by atoms with Crippen LogP contribution < -0.4 is 5.73 Å². The second-order valence-electron chi connectivity index (χ2n) is 4.03. The molecule has 0 saturated heterocycles. The standard InChI is InChI=1S/C11H23N3O3/c1-5-8(2)14(6-7-17-4)11(15)9(3)10(12)13-16/h8-9,16H,5-7H2,1-4H3,(H2,12,13). The number of oxime groups is 1. The van der Waals surface area contributed by atoms with Crippen molar-refractivity contribution in [2.75, 3.05) is 20.3 Å². The number of carbonyl (C=O) groups excluding carboxylic acids is 1. The molecule has 0 aliphatic rings. The van der Waals surface area contributed by atoms with Crippen LogP contribution in [-0.2, 0) is 9.53 Å². The van der Waals surface area contributed by atoms with Crippen molar-refractivity contribution in [3.63, 3.8) is 0 Å². The Labute approximate surface area is 102 Å². The monoisotopic (exact) mass is 245 g/mol. The lowest BCUT2D eigenvalue weighted by Gasteiger charge is -2.30. The lowest BCUT2D eigenvalue weighted by molar-refractivity contribution is -0.135. The summed E-state index contributed by atoms with van der Waals surface area (Å²) in [6.45, 7) is 6.57. The molecule has 0 radical (unpaired) electrons. The van der Waals surface area contributed by atoms with Crippen molar-refractivity contribution in [2.24, 2.45) is 16.8 Å². The molecule has 0 aliphatic carbocycles. The summed E-state index contributed by atoms with van der Waals surface area (Å²) in [7, 11) is 1.59. The van der Waals surface area contributed by atoms with Gasteiger partial charge in [0.25, 0.3) is 0 Å². The van der Waals surface area contributed by atoms with E-state index >= 15 is 0 Å². The van der Waals surface area contributed by atoms with Gasteiger partial charge >= 0.3 is 0 Å². The highest BCUT2D eigenvalue weighted by Gasteiger charge is 2.26. The highest BCUT2D eigenvalue weighted by atomic mass is 16.5. The van der Waals surface area contributed by atoms with Crippen LogP contribution in [0.15, 0.2) is 5.16 Å². The van der Waals surface area contributed by atoms with Gasteiger partial charge in [0.05, 0.1) is 12.5 Å². The number of rotatable bonds is 7. The minimum atomic E-state index is -0.620. The lowest BCUT2D eigenvalue weighted by Crippen LogP contribution is -2.46. The first-order valence-corrected chi connectivity index (χ1v) is 5.76. The molecule has 0 aromatic heterocycles. The number of carbonyl (C=O) groups is 1. The van der Waals surface area contributed by atoms with E-state index in [2.05, 4.69) is 5.16 Å². The number of ether oxygens (including phenoxy) is 1. The molecule has 0 fully saturated rings. The van der Waals surface area contributed by atoms with Crippen LogP contribution in [0.25, 0.3) is 0 Å². The number of hydrogen-bond acceptors (Lipinski definition) is 4. The Morgan fingerprint density at radius 3 is 2.53 bits per heavy atom. The van der Waals surface area contributed by atoms with Gasteiger partial charge in [-0.25, -0.2) is 0 Å². The predicted molar refractivity (Wildman–Crippen MR) is 65.9 cm³/mol. The first-order valence-electron chi connectivity index (χ1n) is 5.76. The fourth-order valence-electron chi connectivity index (χ4n) is 1.42. The van der Waals surface area contributed by atoms with Crippen LogP contribution in [-0.4, -0.2) is 48.2 Å². The Morgan fingerprint density at radius 2 is 2.12 bits per heavy atom. The summed E-state index contributed by atoms with van der Waals surface area (Å²) in [5.41, 5.74) is 5.45. The van der Waals surface area contributed by atoms with E-state index in [9.17, 15) is 4.79 Å². The van der Waals surface area contributed by atoms with Crippen LogP contribution in [0.2, 0.25) is 0 Å². The fourth-order valence-corrected chi connectivity index (χ4v) is 1.42. The SMILES string of the molecule is CCC(C)N(CCOC)C(=O)C(C)C(N)=NO. The van der Waals surface area contributed by atoms with E-state index in [0.29, 0.717) is 13.2 Å². The molecule has 1 amide bonds. The summed E-state index contributed by atoms with van der Waals surface area (Å²) in [5.74, 6) is -0.835. The van der Waals surface area contributed by atoms with Crippen LogP contribution in [0.1, 0.15) is 27.2 Å². The van der Waals surface area contributed by atoms with E-state index in [4.69, 9.17) is 15.7 Å². The van der Waals surface area contributed by atoms with E-state index in [0.717, 1.165) is 6.42 Å². The Morgan fingerprint density at radius 1 is 1.53 bits per heavy atom. The fraction of sp³-hybridized carbons (Fsp3) is 0.818. The van der Waals surface area contributed by atoms with Gasteiger partial charge in [0.15, 0.2) is 5.84 Å². The molecular weight excluding hydrogens is 222 g/mol. The number of amides is 1. The zero-order valence-corrected chi connectivity index (χ0v) is 11.0. The summed E-state index contributed by atoms with van der Waals surface area (Å²) < 4.78 is 4.98. The van der Waals surface area contributed by atoms with Gasteiger partial charge in [0.2, 0.25) is 5.91 Å². The quantitative estimate of drug-likeness (QED) is 0.298. The van der Waals surface area contributed by atoms with Crippen molar-refractivity contribution in [3.8, 4) is 0 Å². The summed E-state index contributed by atoms with van der Waals surface area (Å²) in [6, 6.07) is 0.103. The Kier molecular flexibility index (Phi) is 7.29. The van der Waals surface area contributed by atoms with Crippen LogP contribution in [0.4, 0.5) is 0 Å². The number of nitrogens with zero attached hydrogens (tertiary/aromatic N) is 2. The van der Waals surface area contributed by atoms with Crippen LogP contribution in [0, 0.1) is 5.92 Å². The second kappa shape index (κ2) is 7.89. The van der Waals surface area contributed by atoms with E-state index in [1.165, 1.54) is 0 Å². The van der Waals surface area contributed by atoms with Crippen molar-refractivity contribution in [1.29, 1.82) is 0 Å². The average molecular weight is 245 g/mol. The molecular formula is C11H23N3O3. The van der Waals surface area contributed by atoms with Crippen LogP contribution in [0.3, 0.4) is 0 Å². The van der Waals surface area contributed by atoms with E-state index < -0.39 is 5.92 Å². The average Bonchev–Trinajstić information content (AvgIpc) is 2.36. The van der Waals surface area contributed by atoms with Gasteiger partial charge in [0, 0.05) is 19.7 Å². The number of amidine groups is 1. The van der Waals surface area contributed by atoms with Crippen molar-refractivity contribution in [2.45, 2.75) is 33.2 Å². The molecule has 0 aromatic rings. The van der Waals surface area contributed by atoms with Gasteiger partial charge in [-0.2, -0.15) is 0 Å². The van der Waals surface area contributed by atoms with E-state index in [-0.39, 0.29) is 17.8 Å². The largest absolute Gasteiger partial charge is 0.409 e. The molecule has 0 aromatic carbocycles. The molecule has 0 aliphatic heterocycles. The normalized spacial score (nSPS) is 15.4. The smallest absolute Gasteiger partial charge is 0.233 e. The maximum atomic E-state index is 12.1. The minimum absolute atomic E-state index is 0.0688. The summed E-state index contributed by atoms with van der Waals surface area (Å²) in [5, 5.41) is 11.4. The number of methoxy groups -OCH3 is 1. The molecule has 0 heterocycles. The molecule has 6 heteroatoms. The van der Waals surface area contributed by atoms with Gasteiger partial charge < -0.3 is 20.6 Å². The molecule has 0 bridgehead atoms. The molecule has 6 nitrogen and oxygen atoms in total. The third-order valence-corrected chi connectivity index (χ3v) is 2.87. The highest BCUT2D eigenvalue weighted by Crippen LogP contribution is 2.10. The topological polar surface area (TPSA) is 88.2 Å². The summed E-state index contributed by atoms with van der Waals surface area (Å²) in [6.07, 6.45) is 0.846. The molecule has 3 N–H and O–H groups in total. The van der Waals surface area contributed by atoms with E-state index in [1.807, 2.05) is 13.8 Å². The molecule has 17 heavy (non-hydrogen) atoms. The van der Waals surface area contributed by atoms with Crippen molar-refractivity contribution >= 4 is 11.7 Å².